The Labute approximate surface area is 103 Å². The van der Waals surface area contributed by atoms with E-state index in [4.69, 9.17) is 10.5 Å². The maximum absolute atomic E-state index is 12.4. The zero-order valence-corrected chi connectivity index (χ0v) is 9.79. The van der Waals surface area contributed by atoms with Gasteiger partial charge in [0.25, 0.3) is 0 Å². The number of carbonyl (C=O) groups is 1. The predicted octanol–water partition coefficient (Wildman–Crippen LogP) is 0.825. The molecule has 2 aliphatic heterocycles. The molecule has 2 N–H and O–H groups in total. The Balaban J connectivity index is 2.02. The van der Waals surface area contributed by atoms with Gasteiger partial charge >= 0.3 is 6.18 Å². The van der Waals surface area contributed by atoms with Crippen molar-refractivity contribution in [1.82, 2.24) is 4.90 Å². The lowest BCUT2D eigenvalue weighted by atomic mass is 9.97. The summed E-state index contributed by atoms with van der Waals surface area (Å²) in [5, 5.41) is 0. The van der Waals surface area contributed by atoms with Gasteiger partial charge in [-0.05, 0) is 12.8 Å². The van der Waals surface area contributed by atoms with Gasteiger partial charge in [-0.15, -0.1) is 0 Å². The van der Waals surface area contributed by atoms with Gasteiger partial charge in [0.1, 0.15) is 5.54 Å². The minimum atomic E-state index is -4.30. The first-order valence-electron chi connectivity index (χ1n) is 5.75. The van der Waals surface area contributed by atoms with Crippen LogP contribution in [0.25, 0.3) is 0 Å². The molecule has 2 rings (SSSR count). The number of nitrogens with zero attached hydrogens (tertiary/aromatic N) is 1. The molecule has 1 saturated heterocycles. The number of amides is 1. The monoisotopic (exact) mass is 264 g/mol. The van der Waals surface area contributed by atoms with E-state index in [0.717, 1.165) is 6.08 Å². The first kappa shape index (κ1) is 13.4. The second kappa shape index (κ2) is 4.55. The van der Waals surface area contributed by atoms with E-state index in [1.165, 1.54) is 4.90 Å². The summed E-state index contributed by atoms with van der Waals surface area (Å²) in [6.07, 6.45) is -3.00. The molecule has 0 saturated carbocycles. The topological polar surface area (TPSA) is 55.6 Å². The highest BCUT2D eigenvalue weighted by molar-refractivity contribution is 5.87. The molecule has 0 spiro atoms. The van der Waals surface area contributed by atoms with Crippen LogP contribution in [-0.2, 0) is 9.53 Å². The molecule has 7 heteroatoms. The third kappa shape index (κ3) is 2.51. The van der Waals surface area contributed by atoms with Crippen molar-refractivity contribution in [2.24, 2.45) is 5.73 Å². The van der Waals surface area contributed by atoms with Crippen LogP contribution in [-0.4, -0.2) is 48.8 Å². The van der Waals surface area contributed by atoms with Crippen molar-refractivity contribution in [2.45, 2.75) is 24.6 Å². The first-order valence-corrected chi connectivity index (χ1v) is 5.75. The molecule has 0 bridgehead atoms. The maximum Gasteiger partial charge on any atom is 0.412 e. The molecule has 2 heterocycles. The van der Waals surface area contributed by atoms with Crippen molar-refractivity contribution in [3.05, 3.63) is 11.6 Å². The van der Waals surface area contributed by atoms with E-state index in [1.807, 2.05) is 0 Å². The number of nitrogens with two attached hydrogens (primary N) is 1. The van der Waals surface area contributed by atoms with Crippen LogP contribution in [0.2, 0.25) is 0 Å². The van der Waals surface area contributed by atoms with Gasteiger partial charge in [0.2, 0.25) is 5.91 Å². The maximum atomic E-state index is 12.4. The van der Waals surface area contributed by atoms with Crippen LogP contribution in [0, 0.1) is 0 Å². The molecule has 0 aliphatic carbocycles. The van der Waals surface area contributed by atoms with Crippen LogP contribution in [0.4, 0.5) is 13.2 Å². The van der Waals surface area contributed by atoms with Gasteiger partial charge in [-0.25, -0.2) is 0 Å². The van der Waals surface area contributed by atoms with E-state index >= 15 is 0 Å². The minimum Gasteiger partial charge on any atom is -0.379 e. The second-order valence-electron chi connectivity index (χ2n) is 4.69. The SMILES string of the molecule is NC1(C(=O)N2CC=C(C(F)(F)F)CC2)CCOC1. The van der Waals surface area contributed by atoms with E-state index in [-0.39, 0.29) is 32.0 Å². The third-order valence-corrected chi connectivity index (χ3v) is 3.34. The summed E-state index contributed by atoms with van der Waals surface area (Å²) in [6.45, 7) is 0.577. The van der Waals surface area contributed by atoms with Crippen molar-refractivity contribution in [1.29, 1.82) is 0 Å². The van der Waals surface area contributed by atoms with E-state index in [9.17, 15) is 18.0 Å². The molecular formula is C11H15F3N2O2. The highest BCUT2D eigenvalue weighted by atomic mass is 19.4. The Morgan fingerprint density at radius 2 is 2.22 bits per heavy atom. The summed E-state index contributed by atoms with van der Waals surface area (Å²) in [5.41, 5.74) is 4.26. The molecule has 0 radical (unpaired) electrons. The van der Waals surface area contributed by atoms with Crippen LogP contribution < -0.4 is 5.73 Å². The highest BCUT2D eigenvalue weighted by Gasteiger charge is 2.42. The lowest BCUT2D eigenvalue weighted by Gasteiger charge is -2.33. The van der Waals surface area contributed by atoms with Gasteiger partial charge in [0.15, 0.2) is 0 Å². The second-order valence-corrected chi connectivity index (χ2v) is 4.69. The molecule has 1 fully saturated rings. The average molecular weight is 264 g/mol. The van der Waals surface area contributed by atoms with Crippen molar-refractivity contribution >= 4 is 5.91 Å². The Morgan fingerprint density at radius 3 is 2.67 bits per heavy atom. The first-order chi connectivity index (χ1) is 8.33. The van der Waals surface area contributed by atoms with Crippen molar-refractivity contribution in [3.8, 4) is 0 Å². The molecular weight excluding hydrogens is 249 g/mol. The predicted molar refractivity (Wildman–Crippen MR) is 57.7 cm³/mol. The summed E-state index contributed by atoms with van der Waals surface area (Å²) < 4.78 is 42.4. The zero-order valence-electron chi connectivity index (χ0n) is 9.79. The summed E-state index contributed by atoms with van der Waals surface area (Å²) in [6, 6.07) is 0. The van der Waals surface area contributed by atoms with Crippen molar-refractivity contribution < 1.29 is 22.7 Å². The van der Waals surface area contributed by atoms with E-state index in [2.05, 4.69) is 0 Å². The zero-order chi connectivity index (χ0) is 13.4. The molecule has 1 amide bonds. The van der Waals surface area contributed by atoms with Crippen LogP contribution >= 0.6 is 0 Å². The fourth-order valence-corrected chi connectivity index (χ4v) is 2.18. The quantitative estimate of drug-likeness (QED) is 0.714. The number of hydrogen-bond acceptors (Lipinski definition) is 3. The Hall–Kier alpha value is -1.08. The largest absolute Gasteiger partial charge is 0.412 e. The van der Waals surface area contributed by atoms with Gasteiger partial charge < -0.3 is 15.4 Å². The fourth-order valence-electron chi connectivity index (χ4n) is 2.18. The number of alkyl halides is 3. The standard InChI is InChI=1S/C11H15F3N2O2/c12-11(13,14)8-1-4-16(5-2-8)9(17)10(15)3-6-18-7-10/h1H,2-7,15H2. The molecule has 1 atom stereocenters. The molecule has 18 heavy (non-hydrogen) atoms. The van der Waals surface area contributed by atoms with Crippen molar-refractivity contribution in [2.75, 3.05) is 26.3 Å². The highest BCUT2D eigenvalue weighted by Crippen LogP contribution is 2.31. The summed E-state index contributed by atoms with van der Waals surface area (Å²) in [5.74, 6) is -0.322. The fraction of sp³-hybridized carbons (Fsp3) is 0.727. The van der Waals surface area contributed by atoms with Gasteiger partial charge in [0, 0.05) is 25.3 Å². The van der Waals surface area contributed by atoms with Crippen LogP contribution in [0.15, 0.2) is 11.6 Å². The minimum absolute atomic E-state index is 0.0351. The lowest BCUT2D eigenvalue weighted by Crippen LogP contribution is -2.56. The van der Waals surface area contributed by atoms with Crippen LogP contribution in [0.1, 0.15) is 12.8 Å². The average Bonchev–Trinajstić information content (AvgIpc) is 2.75. The lowest BCUT2D eigenvalue weighted by molar-refractivity contribution is -0.137. The number of ether oxygens (including phenoxy) is 1. The van der Waals surface area contributed by atoms with Crippen molar-refractivity contribution in [3.63, 3.8) is 0 Å². The molecule has 0 aromatic heterocycles. The number of rotatable bonds is 1. The normalized spacial score (nSPS) is 29.3. The molecule has 102 valence electrons. The van der Waals surface area contributed by atoms with Gasteiger partial charge in [-0.3, -0.25) is 4.79 Å². The molecule has 0 aromatic rings. The van der Waals surface area contributed by atoms with E-state index in [1.54, 1.807) is 0 Å². The number of carbonyl (C=O) groups excluding carboxylic acids is 1. The summed E-state index contributed by atoms with van der Waals surface area (Å²) >= 11 is 0. The van der Waals surface area contributed by atoms with E-state index < -0.39 is 17.3 Å². The molecule has 4 nitrogen and oxygen atoms in total. The molecule has 0 aromatic carbocycles. The summed E-state index contributed by atoms with van der Waals surface area (Å²) in [4.78, 5) is 13.5. The third-order valence-electron chi connectivity index (χ3n) is 3.34. The Bertz CT molecular complexity index is 373. The molecule has 2 aliphatic rings. The van der Waals surface area contributed by atoms with Gasteiger partial charge in [-0.1, -0.05) is 6.08 Å². The summed E-state index contributed by atoms with van der Waals surface area (Å²) in [7, 11) is 0. The number of hydrogen-bond donors (Lipinski definition) is 1. The van der Waals surface area contributed by atoms with E-state index in [0.29, 0.717) is 13.0 Å². The Kier molecular flexibility index (Phi) is 3.37. The van der Waals surface area contributed by atoms with Gasteiger partial charge in [-0.2, -0.15) is 13.2 Å². The number of halogens is 3. The van der Waals surface area contributed by atoms with Gasteiger partial charge in [0.05, 0.1) is 6.61 Å². The van der Waals surface area contributed by atoms with Crippen LogP contribution in [0.5, 0.6) is 0 Å². The smallest absolute Gasteiger partial charge is 0.379 e. The van der Waals surface area contributed by atoms with Crippen LogP contribution in [0.3, 0.4) is 0 Å². The molecule has 1 unspecified atom stereocenters. The Morgan fingerprint density at radius 1 is 1.50 bits per heavy atom.